The third-order valence-corrected chi connectivity index (χ3v) is 1.79. The summed E-state index contributed by atoms with van der Waals surface area (Å²) in [6.07, 6.45) is 3.24. The van der Waals surface area contributed by atoms with Crippen LogP contribution in [-0.2, 0) is 0 Å². The van der Waals surface area contributed by atoms with Gasteiger partial charge in [-0.25, -0.2) is 9.97 Å². The summed E-state index contributed by atoms with van der Waals surface area (Å²) in [6.45, 7) is 6.89. The molecule has 0 spiro atoms. The number of nitrogens with one attached hydrogen (secondary N) is 1. The van der Waals surface area contributed by atoms with Crippen molar-refractivity contribution in [3.63, 3.8) is 0 Å². The molecule has 0 radical (unpaired) electrons. The molecule has 80 valence electrons. The van der Waals surface area contributed by atoms with Gasteiger partial charge in [0.25, 0.3) is 0 Å². The zero-order chi connectivity index (χ0) is 10.9. The molecule has 15 heavy (non-hydrogen) atoms. The molecule has 0 aliphatic heterocycles. The number of nitrogens with zero attached hydrogens (tertiary/aromatic N) is 3. The molecule has 2 heterocycles. The third kappa shape index (κ3) is 2.43. The lowest BCUT2D eigenvalue weighted by Crippen LogP contribution is -2.17. The Morgan fingerprint density at radius 2 is 2.13 bits per heavy atom. The second-order valence-electron chi connectivity index (χ2n) is 4.64. The molecule has 2 rings (SSSR count). The van der Waals surface area contributed by atoms with Gasteiger partial charge in [0, 0.05) is 0 Å². The monoisotopic (exact) mass is 206 g/mol. The molecule has 0 bridgehead atoms. The van der Waals surface area contributed by atoms with Crippen LogP contribution in [0.15, 0.2) is 12.5 Å². The first-order valence-electron chi connectivity index (χ1n) is 4.83. The maximum absolute atomic E-state index is 5.48. The van der Waals surface area contributed by atoms with Crippen LogP contribution in [0, 0.1) is 5.41 Å². The van der Waals surface area contributed by atoms with Crippen LogP contribution in [-0.4, -0.2) is 26.5 Å². The summed E-state index contributed by atoms with van der Waals surface area (Å²) in [7, 11) is 0. The van der Waals surface area contributed by atoms with Gasteiger partial charge >= 0.3 is 6.01 Å². The molecule has 0 aromatic carbocycles. The van der Waals surface area contributed by atoms with Gasteiger partial charge in [0.2, 0.25) is 0 Å². The van der Waals surface area contributed by atoms with Crippen molar-refractivity contribution >= 4 is 11.2 Å². The van der Waals surface area contributed by atoms with Crippen LogP contribution in [0.4, 0.5) is 0 Å². The van der Waals surface area contributed by atoms with Gasteiger partial charge in [-0.1, -0.05) is 20.8 Å². The van der Waals surface area contributed by atoms with E-state index >= 15 is 0 Å². The standard InChI is InChI=1S/C10H14N4O/c1-10(2,3)5-15-9-11-4-7-8(14-9)13-6-12-7/h4,6H,5H2,1-3H3,(H,11,12,13,14). The Morgan fingerprint density at radius 3 is 2.87 bits per heavy atom. The molecule has 2 aromatic heterocycles. The number of fused-ring (bicyclic) bond motifs is 1. The Labute approximate surface area is 87.9 Å². The van der Waals surface area contributed by atoms with E-state index in [0.29, 0.717) is 18.3 Å². The van der Waals surface area contributed by atoms with E-state index in [-0.39, 0.29) is 5.41 Å². The Morgan fingerprint density at radius 1 is 1.33 bits per heavy atom. The molecule has 0 fully saturated rings. The molecule has 0 saturated carbocycles. The van der Waals surface area contributed by atoms with Gasteiger partial charge in [0.15, 0.2) is 5.65 Å². The highest BCUT2D eigenvalue weighted by Crippen LogP contribution is 2.15. The van der Waals surface area contributed by atoms with Crippen molar-refractivity contribution in [2.24, 2.45) is 5.41 Å². The van der Waals surface area contributed by atoms with E-state index in [2.05, 4.69) is 40.7 Å². The summed E-state index contributed by atoms with van der Waals surface area (Å²) in [4.78, 5) is 15.2. The van der Waals surface area contributed by atoms with Crippen LogP contribution < -0.4 is 4.74 Å². The lowest BCUT2D eigenvalue weighted by Gasteiger charge is -2.17. The van der Waals surface area contributed by atoms with Crippen molar-refractivity contribution in [3.05, 3.63) is 12.5 Å². The van der Waals surface area contributed by atoms with Gasteiger partial charge in [-0.15, -0.1) is 0 Å². The van der Waals surface area contributed by atoms with Crippen LogP contribution in [0.5, 0.6) is 6.01 Å². The van der Waals surface area contributed by atoms with Crippen molar-refractivity contribution in [2.45, 2.75) is 20.8 Å². The highest BCUT2D eigenvalue weighted by Gasteiger charge is 2.12. The molecule has 5 nitrogen and oxygen atoms in total. The summed E-state index contributed by atoms with van der Waals surface area (Å²) in [6, 6.07) is 0.390. The summed E-state index contributed by atoms with van der Waals surface area (Å²) in [5.41, 5.74) is 1.55. The summed E-state index contributed by atoms with van der Waals surface area (Å²) < 4.78 is 5.48. The van der Waals surface area contributed by atoms with Gasteiger partial charge in [-0.2, -0.15) is 4.98 Å². The van der Waals surface area contributed by atoms with Crippen molar-refractivity contribution in [3.8, 4) is 6.01 Å². The highest BCUT2D eigenvalue weighted by molar-refractivity contribution is 5.68. The van der Waals surface area contributed by atoms with E-state index in [1.54, 1.807) is 12.5 Å². The molecule has 0 unspecified atom stereocenters. The zero-order valence-electron chi connectivity index (χ0n) is 9.11. The molecule has 0 aliphatic carbocycles. The first-order chi connectivity index (χ1) is 7.04. The van der Waals surface area contributed by atoms with Crippen LogP contribution in [0.3, 0.4) is 0 Å². The van der Waals surface area contributed by atoms with Crippen LogP contribution in [0.2, 0.25) is 0 Å². The van der Waals surface area contributed by atoms with Crippen LogP contribution in [0.1, 0.15) is 20.8 Å². The Balaban J connectivity index is 2.15. The second-order valence-corrected chi connectivity index (χ2v) is 4.64. The second kappa shape index (κ2) is 3.49. The maximum Gasteiger partial charge on any atom is 0.318 e. The summed E-state index contributed by atoms with van der Waals surface area (Å²) >= 11 is 0. The van der Waals surface area contributed by atoms with E-state index in [0.717, 1.165) is 5.52 Å². The van der Waals surface area contributed by atoms with E-state index < -0.39 is 0 Å². The van der Waals surface area contributed by atoms with E-state index in [9.17, 15) is 0 Å². The van der Waals surface area contributed by atoms with Crippen molar-refractivity contribution in [1.82, 2.24) is 19.9 Å². The van der Waals surface area contributed by atoms with Crippen LogP contribution in [0.25, 0.3) is 11.2 Å². The minimum atomic E-state index is 0.103. The van der Waals surface area contributed by atoms with Crippen LogP contribution >= 0.6 is 0 Å². The fourth-order valence-electron chi connectivity index (χ4n) is 1.07. The van der Waals surface area contributed by atoms with Crippen molar-refractivity contribution in [1.29, 1.82) is 0 Å². The fourth-order valence-corrected chi connectivity index (χ4v) is 1.07. The molecule has 0 atom stereocenters. The average molecular weight is 206 g/mol. The van der Waals surface area contributed by atoms with Gasteiger partial charge in [0.1, 0.15) is 5.52 Å². The van der Waals surface area contributed by atoms with Crippen molar-refractivity contribution < 1.29 is 4.74 Å². The van der Waals surface area contributed by atoms with Gasteiger partial charge < -0.3 is 9.72 Å². The summed E-state index contributed by atoms with van der Waals surface area (Å²) in [5, 5.41) is 0. The number of rotatable bonds is 2. The number of ether oxygens (including phenoxy) is 1. The highest BCUT2D eigenvalue weighted by atomic mass is 16.5. The minimum absolute atomic E-state index is 0.103. The van der Waals surface area contributed by atoms with Gasteiger partial charge in [-0.3, -0.25) is 0 Å². The first kappa shape index (κ1) is 9.89. The van der Waals surface area contributed by atoms with Crippen molar-refractivity contribution in [2.75, 3.05) is 6.61 Å². The number of H-pyrrole nitrogens is 1. The number of aromatic nitrogens is 4. The maximum atomic E-state index is 5.48. The average Bonchev–Trinajstić information content (AvgIpc) is 2.60. The number of imidazole rings is 1. The van der Waals surface area contributed by atoms with E-state index in [4.69, 9.17) is 4.74 Å². The van der Waals surface area contributed by atoms with Gasteiger partial charge in [0.05, 0.1) is 19.1 Å². The van der Waals surface area contributed by atoms with E-state index in [1.165, 1.54) is 0 Å². The molecule has 0 amide bonds. The molecule has 0 saturated heterocycles. The summed E-state index contributed by atoms with van der Waals surface area (Å²) in [5.74, 6) is 0. The predicted molar refractivity (Wildman–Crippen MR) is 56.6 cm³/mol. The molecular formula is C10H14N4O. The number of hydrogen-bond acceptors (Lipinski definition) is 4. The molecule has 1 N–H and O–H groups in total. The predicted octanol–water partition coefficient (Wildman–Crippen LogP) is 1.78. The Bertz CT molecular complexity index is 458. The molecule has 2 aromatic rings. The normalized spacial score (nSPS) is 11.9. The topological polar surface area (TPSA) is 63.7 Å². The lowest BCUT2D eigenvalue weighted by atomic mass is 9.99. The molecular weight excluding hydrogens is 192 g/mol. The van der Waals surface area contributed by atoms with Gasteiger partial charge in [-0.05, 0) is 5.41 Å². The Hall–Kier alpha value is -1.65. The minimum Gasteiger partial charge on any atom is -0.463 e. The lowest BCUT2D eigenvalue weighted by molar-refractivity contribution is 0.185. The SMILES string of the molecule is CC(C)(C)COc1ncc2nc[nH]c2n1. The molecule has 0 aliphatic rings. The first-order valence-corrected chi connectivity index (χ1v) is 4.83. The smallest absolute Gasteiger partial charge is 0.318 e. The quantitative estimate of drug-likeness (QED) is 0.813. The fraction of sp³-hybridized carbons (Fsp3) is 0.500. The molecule has 5 heteroatoms. The van der Waals surface area contributed by atoms with E-state index in [1.807, 2.05) is 0 Å². The number of hydrogen-bond donors (Lipinski definition) is 1. The Kier molecular flexibility index (Phi) is 2.30. The number of aromatic amines is 1. The zero-order valence-corrected chi connectivity index (χ0v) is 9.11. The largest absolute Gasteiger partial charge is 0.463 e. The third-order valence-electron chi connectivity index (χ3n) is 1.79.